The minimum absolute atomic E-state index is 0.269. The Bertz CT molecular complexity index is 171. The van der Waals surface area contributed by atoms with Crippen LogP contribution in [0.15, 0.2) is 0 Å². The van der Waals surface area contributed by atoms with Crippen molar-refractivity contribution in [3.63, 3.8) is 0 Å². The molecule has 1 radical (unpaired) electrons. The van der Waals surface area contributed by atoms with Crippen LogP contribution in [0.25, 0.3) is 0 Å². The highest BCUT2D eigenvalue weighted by molar-refractivity contribution is 6.82. The quantitative estimate of drug-likeness (QED) is 0.585. The van der Waals surface area contributed by atoms with Crippen LogP contribution in [-0.2, 0) is 26.6 Å². The molecular weight excluding hydrogens is 260 g/mol. The van der Waals surface area contributed by atoms with Crippen molar-refractivity contribution in [2.75, 3.05) is 42.7 Å². The molecule has 0 bridgehead atoms. The average Bonchev–Trinajstić information content (AvgIpc) is 2.40. The molecule has 0 rings (SSSR count). The van der Waals surface area contributed by atoms with Crippen molar-refractivity contribution in [3.8, 4) is 0 Å². The Morgan fingerprint density at radius 2 is 0.941 bits per heavy atom. The third-order valence-electron chi connectivity index (χ3n) is 2.85. The summed E-state index contributed by atoms with van der Waals surface area (Å²) in [5.74, 6) is 0. The Balaban J connectivity index is 5.39. The molecule has 8 heteroatoms. The zero-order valence-corrected chi connectivity index (χ0v) is 13.4. The maximum atomic E-state index is 5.45. The lowest BCUT2D eigenvalue weighted by atomic mass is 10.6. The van der Waals surface area contributed by atoms with Crippen LogP contribution in [0, 0.1) is 6.92 Å². The van der Waals surface area contributed by atoms with Crippen LogP contribution >= 0.6 is 0 Å². The molecule has 0 saturated heterocycles. The van der Waals surface area contributed by atoms with E-state index in [0.717, 1.165) is 0 Å². The van der Waals surface area contributed by atoms with Crippen molar-refractivity contribution in [2.45, 2.75) is 11.6 Å². The van der Waals surface area contributed by atoms with E-state index in [-0.39, 0.29) is 5.16 Å². The highest BCUT2D eigenvalue weighted by Crippen LogP contribution is 2.37. The Morgan fingerprint density at radius 3 is 1.06 bits per heavy atom. The largest absolute Gasteiger partial charge is 0.507 e. The minimum Gasteiger partial charge on any atom is -0.377 e. The van der Waals surface area contributed by atoms with Gasteiger partial charge in [-0.25, -0.2) is 0 Å². The van der Waals surface area contributed by atoms with Gasteiger partial charge in [0.05, 0.1) is 5.16 Å². The summed E-state index contributed by atoms with van der Waals surface area (Å²) in [7, 11) is 3.42. The van der Waals surface area contributed by atoms with E-state index in [1.807, 2.05) is 0 Å². The standard InChI is InChI=1S/C9H23O6Si2/c1-8-9(16(10-2,11-3)12-4)17(13-5,14-6)15-7/h9H,1,8H2,2-7H3. The van der Waals surface area contributed by atoms with Crippen LogP contribution in [0.4, 0.5) is 0 Å². The normalized spacial score (nSPS) is 13.4. The second-order valence-corrected chi connectivity index (χ2v) is 10.1. The highest BCUT2D eigenvalue weighted by Gasteiger charge is 2.63. The van der Waals surface area contributed by atoms with Gasteiger partial charge in [-0.15, -0.1) is 0 Å². The predicted octanol–water partition coefficient (Wildman–Crippen LogP) is 0.876. The molecule has 0 aromatic rings. The Kier molecular flexibility index (Phi) is 7.68. The van der Waals surface area contributed by atoms with E-state index >= 15 is 0 Å². The van der Waals surface area contributed by atoms with E-state index in [2.05, 4.69) is 6.92 Å². The third-order valence-corrected chi connectivity index (χ3v) is 10.7. The first-order valence-corrected chi connectivity index (χ1v) is 8.76. The molecule has 0 fully saturated rings. The van der Waals surface area contributed by atoms with Gasteiger partial charge in [-0.2, -0.15) is 0 Å². The molecule has 17 heavy (non-hydrogen) atoms. The molecular formula is C9H23O6Si2. The van der Waals surface area contributed by atoms with E-state index < -0.39 is 17.6 Å². The summed E-state index contributed by atoms with van der Waals surface area (Å²) < 4.78 is 32.7. The molecule has 0 unspecified atom stereocenters. The third kappa shape index (κ3) is 3.15. The minimum atomic E-state index is -2.92. The van der Waals surface area contributed by atoms with Crippen LogP contribution < -0.4 is 0 Å². The Hall–Kier alpha value is 0.194. The summed E-state index contributed by atoms with van der Waals surface area (Å²) >= 11 is 0. The molecule has 0 spiro atoms. The number of hydrogen-bond acceptors (Lipinski definition) is 6. The van der Waals surface area contributed by atoms with Gasteiger partial charge < -0.3 is 26.6 Å². The maximum Gasteiger partial charge on any atom is 0.507 e. The van der Waals surface area contributed by atoms with Gasteiger partial charge in [-0.3, -0.25) is 0 Å². The Labute approximate surface area is 106 Å². The monoisotopic (exact) mass is 283 g/mol. The number of hydrogen-bond donors (Lipinski definition) is 0. The van der Waals surface area contributed by atoms with Gasteiger partial charge in [-0.05, 0) is 6.42 Å². The molecule has 0 aliphatic heterocycles. The van der Waals surface area contributed by atoms with E-state index in [0.29, 0.717) is 6.42 Å². The molecule has 0 aliphatic rings. The molecule has 0 amide bonds. The molecule has 0 aromatic carbocycles. The lowest BCUT2D eigenvalue weighted by Crippen LogP contribution is -2.61. The van der Waals surface area contributed by atoms with Crippen molar-refractivity contribution in [2.24, 2.45) is 0 Å². The van der Waals surface area contributed by atoms with E-state index in [1.54, 1.807) is 42.7 Å². The van der Waals surface area contributed by atoms with Gasteiger partial charge in [0.25, 0.3) is 0 Å². The molecule has 0 aliphatic carbocycles. The first kappa shape index (κ1) is 17.2. The SMILES string of the molecule is [CH2]CC([Si](OC)(OC)OC)[Si](OC)(OC)OC. The van der Waals surface area contributed by atoms with Crippen LogP contribution in [-0.4, -0.2) is 60.3 Å². The molecule has 0 heterocycles. The van der Waals surface area contributed by atoms with E-state index in [4.69, 9.17) is 26.6 Å². The molecule has 103 valence electrons. The van der Waals surface area contributed by atoms with E-state index in [1.165, 1.54) is 0 Å². The fraction of sp³-hybridized carbons (Fsp3) is 0.889. The fourth-order valence-corrected chi connectivity index (χ4v) is 9.19. The van der Waals surface area contributed by atoms with E-state index in [9.17, 15) is 0 Å². The van der Waals surface area contributed by atoms with Crippen molar-refractivity contribution in [1.82, 2.24) is 0 Å². The summed E-state index contributed by atoms with van der Waals surface area (Å²) in [5.41, 5.74) is 0. The molecule has 0 aromatic heterocycles. The maximum absolute atomic E-state index is 5.45. The van der Waals surface area contributed by atoms with Crippen LogP contribution in [0.5, 0.6) is 0 Å². The van der Waals surface area contributed by atoms with Crippen LogP contribution in [0.3, 0.4) is 0 Å². The van der Waals surface area contributed by atoms with Crippen LogP contribution in [0.2, 0.25) is 5.16 Å². The Morgan fingerprint density at radius 1 is 0.706 bits per heavy atom. The smallest absolute Gasteiger partial charge is 0.377 e. The predicted molar refractivity (Wildman–Crippen MR) is 67.3 cm³/mol. The van der Waals surface area contributed by atoms with Gasteiger partial charge in [0.1, 0.15) is 0 Å². The second-order valence-electron chi connectivity index (χ2n) is 3.27. The lowest BCUT2D eigenvalue weighted by molar-refractivity contribution is 0.0801. The molecule has 0 N–H and O–H groups in total. The van der Waals surface area contributed by atoms with Crippen molar-refractivity contribution < 1.29 is 26.6 Å². The van der Waals surface area contributed by atoms with Gasteiger partial charge >= 0.3 is 17.6 Å². The fourth-order valence-electron chi connectivity index (χ4n) is 1.92. The molecule has 6 nitrogen and oxygen atoms in total. The van der Waals surface area contributed by atoms with Crippen molar-refractivity contribution in [1.29, 1.82) is 0 Å². The zero-order chi connectivity index (χ0) is 13.5. The summed E-state index contributed by atoms with van der Waals surface area (Å²) in [5, 5.41) is -0.269. The van der Waals surface area contributed by atoms with Crippen LogP contribution in [0.1, 0.15) is 6.42 Å². The van der Waals surface area contributed by atoms with Gasteiger partial charge in [0.15, 0.2) is 0 Å². The first-order chi connectivity index (χ1) is 8.06. The van der Waals surface area contributed by atoms with Crippen molar-refractivity contribution in [3.05, 3.63) is 6.92 Å². The number of rotatable bonds is 9. The summed E-state index contributed by atoms with van der Waals surface area (Å²) in [6.07, 6.45) is 0.476. The highest BCUT2D eigenvalue weighted by atomic mass is 28.5. The summed E-state index contributed by atoms with van der Waals surface area (Å²) in [6, 6.07) is 0. The van der Waals surface area contributed by atoms with Gasteiger partial charge in [-0.1, -0.05) is 6.92 Å². The first-order valence-electron chi connectivity index (χ1n) is 5.16. The van der Waals surface area contributed by atoms with Gasteiger partial charge in [0.2, 0.25) is 0 Å². The second kappa shape index (κ2) is 7.59. The lowest BCUT2D eigenvalue weighted by Gasteiger charge is -2.39. The van der Waals surface area contributed by atoms with Gasteiger partial charge in [0, 0.05) is 42.7 Å². The average molecular weight is 283 g/mol. The zero-order valence-electron chi connectivity index (χ0n) is 11.4. The van der Waals surface area contributed by atoms with Crippen molar-refractivity contribution >= 4 is 17.6 Å². The molecule has 0 saturated carbocycles. The molecule has 0 atom stereocenters. The summed E-state index contributed by atoms with van der Waals surface area (Å²) in [6.45, 7) is 3.90. The topological polar surface area (TPSA) is 55.4 Å². The summed E-state index contributed by atoms with van der Waals surface area (Å²) in [4.78, 5) is 0.